The fourth-order valence-electron chi connectivity index (χ4n) is 3.59. The first-order chi connectivity index (χ1) is 10.4. The van der Waals surface area contributed by atoms with E-state index in [2.05, 4.69) is 23.2 Å². The first-order valence-corrected chi connectivity index (χ1v) is 8.43. The molecule has 3 rings (SSSR count). The molecule has 1 aromatic heterocycles. The lowest BCUT2D eigenvalue weighted by atomic mass is 9.90. The van der Waals surface area contributed by atoms with Crippen LogP contribution in [-0.2, 0) is 11.3 Å². The van der Waals surface area contributed by atoms with Gasteiger partial charge in [0.2, 0.25) is 0 Å². The molecule has 0 bridgehead atoms. The lowest BCUT2D eigenvalue weighted by molar-refractivity contribution is -0.00905. The van der Waals surface area contributed by atoms with Crippen molar-refractivity contribution in [2.75, 3.05) is 24.6 Å². The minimum atomic E-state index is 0.408. The van der Waals surface area contributed by atoms with Crippen LogP contribution in [0.2, 0.25) is 0 Å². The van der Waals surface area contributed by atoms with Gasteiger partial charge in [0.15, 0.2) is 0 Å². The number of rotatable bonds is 5. The van der Waals surface area contributed by atoms with Crippen molar-refractivity contribution in [3.05, 3.63) is 23.9 Å². The normalized spacial score (nSPS) is 25.7. The number of nitrogens with one attached hydrogen (secondary N) is 1. The van der Waals surface area contributed by atoms with E-state index in [4.69, 9.17) is 9.72 Å². The summed E-state index contributed by atoms with van der Waals surface area (Å²) in [5.74, 6) is 1.17. The maximum Gasteiger partial charge on any atom is 0.133 e. The molecule has 116 valence electrons. The van der Waals surface area contributed by atoms with Crippen LogP contribution in [-0.4, -0.2) is 36.8 Å². The zero-order chi connectivity index (χ0) is 14.5. The summed E-state index contributed by atoms with van der Waals surface area (Å²) in [6, 6.07) is 4.77. The Balaban J connectivity index is 1.78. The largest absolute Gasteiger partial charge is 0.374 e. The third-order valence-electron chi connectivity index (χ3n) is 4.61. The highest BCUT2D eigenvalue weighted by molar-refractivity contribution is 5.48. The highest BCUT2D eigenvalue weighted by Crippen LogP contribution is 2.32. The molecular weight excluding hydrogens is 262 g/mol. The predicted octanol–water partition coefficient (Wildman–Crippen LogP) is 2.73. The SMILES string of the molecule is CCCNCc1cccnc1N1CCOC2CCCCC21. The Hall–Kier alpha value is -1.13. The monoisotopic (exact) mass is 289 g/mol. The van der Waals surface area contributed by atoms with E-state index >= 15 is 0 Å². The van der Waals surface area contributed by atoms with Gasteiger partial charge in [-0.3, -0.25) is 0 Å². The second-order valence-electron chi connectivity index (χ2n) is 6.12. The van der Waals surface area contributed by atoms with Crippen molar-refractivity contribution in [1.29, 1.82) is 0 Å². The summed E-state index contributed by atoms with van der Waals surface area (Å²) in [7, 11) is 0. The fourth-order valence-corrected chi connectivity index (χ4v) is 3.59. The third kappa shape index (κ3) is 3.38. The molecule has 2 aliphatic rings. The molecule has 21 heavy (non-hydrogen) atoms. The quantitative estimate of drug-likeness (QED) is 0.846. The first kappa shape index (κ1) is 14.8. The van der Waals surface area contributed by atoms with E-state index in [0.29, 0.717) is 12.1 Å². The van der Waals surface area contributed by atoms with Crippen molar-refractivity contribution in [2.24, 2.45) is 0 Å². The number of hydrogen-bond acceptors (Lipinski definition) is 4. The van der Waals surface area contributed by atoms with Crippen molar-refractivity contribution >= 4 is 5.82 Å². The number of hydrogen-bond donors (Lipinski definition) is 1. The van der Waals surface area contributed by atoms with Crippen molar-refractivity contribution in [3.8, 4) is 0 Å². The van der Waals surface area contributed by atoms with E-state index in [9.17, 15) is 0 Å². The summed E-state index contributed by atoms with van der Waals surface area (Å²) < 4.78 is 5.99. The number of morpholine rings is 1. The van der Waals surface area contributed by atoms with Crippen LogP contribution >= 0.6 is 0 Å². The van der Waals surface area contributed by atoms with Crippen LogP contribution in [0.4, 0.5) is 5.82 Å². The van der Waals surface area contributed by atoms with Crippen LogP contribution < -0.4 is 10.2 Å². The summed E-state index contributed by atoms with van der Waals surface area (Å²) >= 11 is 0. The number of pyridine rings is 1. The summed E-state index contributed by atoms with van der Waals surface area (Å²) in [5, 5.41) is 3.50. The summed E-state index contributed by atoms with van der Waals surface area (Å²) in [4.78, 5) is 7.21. The molecule has 1 aliphatic carbocycles. The smallest absolute Gasteiger partial charge is 0.133 e. The molecule has 2 unspecified atom stereocenters. The Bertz CT molecular complexity index is 449. The second-order valence-corrected chi connectivity index (χ2v) is 6.12. The van der Waals surface area contributed by atoms with E-state index in [1.807, 2.05) is 12.3 Å². The predicted molar refractivity (Wildman–Crippen MR) is 85.6 cm³/mol. The van der Waals surface area contributed by atoms with Crippen molar-refractivity contribution in [3.63, 3.8) is 0 Å². The van der Waals surface area contributed by atoms with Crippen molar-refractivity contribution in [1.82, 2.24) is 10.3 Å². The minimum absolute atomic E-state index is 0.408. The molecule has 4 heteroatoms. The van der Waals surface area contributed by atoms with E-state index in [1.165, 1.54) is 37.1 Å². The Morgan fingerprint density at radius 2 is 2.29 bits per heavy atom. The number of aromatic nitrogens is 1. The summed E-state index contributed by atoms with van der Waals surface area (Å²) in [6.07, 6.45) is 8.56. The third-order valence-corrected chi connectivity index (χ3v) is 4.61. The van der Waals surface area contributed by atoms with Gasteiger partial charge in [-0.25, -0.2) is 4.98 Å². The Labute approximate surface area is 127 Å². The lowest BCUT2D eigenvalue weighted by Crippen LogP contribution is -2.53. The highest BCUT2D eigenvalue weighted by Gasteiger charge is 2.35. The number of fused-ring (bicyclic) bond motifs is 1. The highest BCUT2D eigenvalue weighted by atomic mass is 16.5. The molecule has 2 fully saturated rings. The van der Waals surface area contributed by atoms with Crippen LogP contribution in [0.15, 0.2) is 18.3 Å². The van der Waals surface area contributed by atoms with Crippen LogP contribution in [0.25, 0.3) is 0 Å². The molecule has 1 saturated heterocycles. The molecule has 0 radical (unpaired) electrons. The van der Waals surface area contributed by atoms with Crippen LogP contribution in [0, 0.1) is 0 Å². The average Bonchev–Trinajstić information content (AvgIpc) is 2.55. The van der Waals surface area contributed by atoms with Gasteiger partial charge in [-0.15, -0.1) is 0 Å². The second kappa shape index (κ2) is 7.23. The van der Waals surface area contributed by atoms with Gasteiger partial charge in [-0.05, 0) is 31.9 Å². The van der Waals surface area contributed by atoms with E-state index in [0.717, 1.165) is 32.7 Å². The molecule has 1 aliphatic heterocycles. The fraction of sp³-hybridized carbons (Fsp3) is 0.706. The Morgan fingerprint density at radius 3 is 3.19 bits per heavy atom. The lowest BCUT2D eigenvalue weighted by Gasteiger charge is -2.45. The van der Waals surface area contributed by atoms with Gasteiger partial charge in [0.25, 0.3) is 0 Å². The van der Waals surface area contributed by atoms with Crippen LogP contribution in [0.3, 0.4) is 0 Å². The molecule has 1 saturated carbocycles. The number of ether oxygens (including phenoxy) is 1. The molecule has 2 atom stereocenters. The van der Waals surface area contributed by atoms with Gasteiger partial charge in [-0.1, -0.05) is 25.8 Å². The topological polar surface area (TPSA) is 37.4 Å². The number of anilines is 1. The van der Waals surface area contributed by atoms with E-state index in [1.54, 1.807) is 0 Å². The van der Waals surface area contributed by atoms with Crippen LogP contribution in [0.5, 0.6) is 0 Å². The van der Waals surface area contributed by atoms with Gasteiger partial charge in [0.05, 0.1) is 18.8 Å². The minimum Gasteiger partial charge on any atom is -0.374 e. The Morgan fingerprint density at radius 1 is 1.38 bits per heavy atom. The standard InChI is InChI=1S/C17H27N3O/c1-2-9-18-13-14-6-5-10-19-17(14)20-11-12-21-16-8-4-3-7-15(16)20/h5-6,10,15-16,18H,2-4,7-9,11-13H2,1H3. The molecular formula is C17H27N3O. The number of nitrogens with zero attached hydrogens (tertiary/aromatic N) is 2. The van der Waals surface area contributed by atoms with Gasteiger partial charge in [0.1, 0.15) is 5.82 Å². The van der Waals surface area contributed by atoms with Crippen molar-refractivity contribution in [2.45, 2.75) is 57.7 Å². The summed E-state index contributed by atoms with van der Waals surface area (Å²) in [6.45, 7) is 5.97. The zero-order valence-corrected chi connectivity index (χ0v) is 13.1. The van der Waals surface area contributed by atoms with Crippen molar-refractivity contribution < 1.29 is 4.74 Å². The molecule has 1 aromatic rings. The van der Waals surface area contributed by atoms with Gasteiger partial charge in [0, 0.05) is 24.8 Å². The van der Waals surface area contributed by atoms with Gasteiger partial charge in [-0.2, -0.15) is 0 Å². The molecule has 0 aromatic carbocycles. The van der Waals surface area contributed by atoms with E-state index < -0.39 is 0 Å². The zero-order valence-electron chi connectivity index (χ0n) is 13.1. The molecule has 1 N–H and O–H groups in total. The van der Waals surface area contributed by atoms with Gasteiger partial charge < -0.3 is 15.0 Å². The van der Waals surface area contributed by atoms with E-state index in [-0.39, 0.29) is 0 Å². The molecule has 0 spiro atoms. The molecule has 0 amide bonds. The van der Waals surface area contributed by atoms with Gasteiger partial charge >= 0.3 is 0 Å². The maximum absolute atomic E-state index is 5.99. The van der Waals surface area contributed by atoms with Crippen LogP contribution in [0.1, 0.15) is 44.6 Å². The average molecular weight is 289 g/mol. The molecule has 4 nitrogen and oxygen atoms in total. The summed E-state index contributed by atoms with van der Waals surface area (Å²) in [5.41, 5.74) is 1.32. The molecule has 2 heterocycles. The first-order valence-electron chi connectivity index (χ1n) is 8.43. The Kier molecular flexibility index (Phi) is 5.09. The maximum atomic E-state index is 5.99.